The van der Waals surface area contributed by atoms with E-state index in [1.54, 1.807) is 12.1 Å². The number of carbonyl (C=O) groups is 1. The third-order valence-corrected chi connectivity index (χ3v) is 3.63. The molecule has 0 aliphatic rings. The van der Waals surface area contributed by atoms with Crippen molar-refractivity contribution >= 4 is 17.7 Å². The summed E-state index contributed by atoms with van der Waals surface area (Å²) in [6.07, 6.45) is 2.89. The average Bonchev–Trinajstić information content (AvgIpc) is 3.23. The van der Waals surface area contributed by atoms with Gasteiger partial charge in [0.05, 0.1) is 0 Å². The summed E-state index contributed by atoms with van der Waals surface area (Å²) in [5, 5.41) is 13.5. The molecule has 0 spiro atoms. The standard InChI is InChI=1S/C18H21N5O2/c1-13(2)8-10-23-11-9-16(21-23)19-18(24)20-17-12-15(25-22-17)14-6-4-3-5-7-14/h3-7,9,11-13H,8,10H2,1-2H3,(H2,19,20,21,22,24). The van der Waals surface area contributed by atoms with E-state index in [-0.39, 0.29) is 0 Å². The van der Waals surface area contributed by atoms with Crippen LogP contribution in [-0.4, -0.2) is 21.0 Å². The lowest BCUT2D eigenvalue weighted by molar-refractivity contribution is 0.262. The fourth-order valence-electron chi connectivity index (χ4n) is 2.28. The van der Waals surface area contributed by atoms with Crippen molar-refractivity contribution in [1.29, 1.82) is 0 Å². The highest BCUT2D eigenvalue weighted by Gasteiger charge is 2.10. The quantitative estimate of drug-likeness (QED) is 0.704. The van der Waals surface area contributed by atoms with Crippen molar-refractivity contribution in [3.63, 3.8) is 0 Å². The minimum absolute atomic E-state index is 0.343. The number of amides is 2. The number of urea groups is 1. The van der Waals surface area contributed by atoms with E-state index in [1.807, 2.05) is 41.2 Å². The molecule has 0 unspecified atom stereocenters. The van der Waals surface area contributed by atoms with Crippen LogP contribution in [-0.2, 0) is 6.54 Å². The number of hydrogen-bond donors (Lipinski definition) is 2. The molecule has 1 aromatic carbocycles. The summed E-state index contributed by atoms with van der Waals surface area (Å²) in [5.74, 6) is 2.03. The molecule has 0 aliphatic carbocycles. The van der Waals surface area contributed by atoms with Crippen molar-refractivity contribution in [3.8, 4) is 11.3 Å². The van der Waals surface area contributed by atoms with Gasteiger partial charge in [-0.25, -0.2) is 4.79 Å². The lowest BCUT2D eigenvalue weighted by atomic mass is 10.1. The maximum Gasteiger partial charge on any atom is 0.326 e. The fourth-order valence-corrected chi connectivity index (χ4v) is 2.28. The molecule has 7 heteroatoms. The largest absolute Gasteiger partial charge is 0.354 e. The summed E-state index contributed by atoms with van der Waals surface area (Å²) < 4.78 is 7.07. The van der Waals surface area contributed by atoms with Gasteiger partial charge in [0.1, 0.15) is 0 Å². The molecule has 2 heterocycles. The van der Waals surface area contributed by atoms with Gasteiger partial charge in [-0.2, -0.15) is 5.10 Å². The molecular weight excluding hydrogens is 318 g/mol. The monoisotopic (exact) mass is 339 g/mol. The highest BCUT2D eigenvalue weighted by atomic mass is 16.5. The molecule has 0 saturated carbocycles. The Bertz CT molecular complexity index is 823. The zero-order valence-corrected chi connectivity index (χ0v) is 14.3. The highest BCUT2D eigenvalue weighted by Crippen LogP contribution is 2.21. The maximum atomic E-state index is 12.0. The summed E-state index contributed by atoms with van der Waals surface area (Å²) in [5.41, 5.74) is 0.896. The topological polar surface area (TPSA) is 85.0 Å². The number of benzene rings is 1. The molecule has 130 valence electrons. The number of nitrogens with one attached hydrogen (secondary N) is 2. The van der Waals surface area contributed by atoms with Gasteiger partial charge >= 0.3 is 6.03 Å². The van der Waals surface area contributed by atoms with E-state index >= 15 is 0 Å². The average molecular weight is 339 g/mol. The van der Waals surface area contributed by atoms with Gasteiger partial charge in [-0.3, -0.25) is 15.3 Å². The second-order valence-corrected chi connectivity index (χ2v) is 6.17. The van der Waals surface area contributed by atoms with Crippen LogP contribution in [0, 0.1) is 5.92 Å². The fraction of sp³-hybridized carbons (Fsp3) is 0.278. The Labute approximate surface area is 146 Å². The maximum absolute atomic E-state index is 12.0. The van der Waals surface area contributed by atoms with Gasteiger partial charge in [0.2, 0.25) is 0 Å². The number of aromatic nitrogens is 3. The molecule has 0 saturated heterocycles. The number of anilines is 2. The Morgan fingerprint density at radius 3 is 2.68 bits per heavy atom. The SMILES string of the molecule is CC(C)CCn1ccc(NC(=O)Nc2cc(-c3ccccc3)on2)n1. The Morgan fingerprint density at radius 2 is 1.92 bits per heavy atom. The van der Waals surface area contributed by atoms with E-state index < -0.39 is 6.03 Å². The summed E-state index contributed by atoms with van der Waals surface area (Å²) in [7, 11) is 0. The number of aryl methyl sites for hydroxylation is 1. The first-order valence-electron chi connectivity index (χ1n) is 8.24. The van der Waals surface area contributed by atoms with Crippen LogP contribution in [0.5, 0.6) is 0 Å². The van der Waals surface area contributed by atoms with Crippen molar-refractivity contribution in [2.45, 2.75) is 26.8 Å². The molecule has 0 aliphatic heterocycles. The minimum atomic E-state index is -0.415. The zero-order chi connectivity index (χ0) is 17.6. The molecule has 2 N–H and O–H groups in total. The first-order chi connectivity index (χ1) is 12.1. The Kier molecular flexibility index (Phi) is 5.13. The first kappa shape index (κ1) is 16.8. The Morgan fingerprint density at radius 1 is 1.16 bits per heavy atom. The third kappa shape index (κ3) is 4.69. The summed E-state index contributed by atoms with van der Waals surface area (Å²) in [6.45, 7) is 5.15. The highest BCUT2D eigenvalue weighted by molar-refractivity contribution is 5.98. The summed E-state index contributed by atoms with van der Waals surface area (Å²) in [6, 6.07) is 12.6. The normalized spacial score (nSPS) is 10.8. The van der Waals surface area contributed by atoms with E-state index in [1.165, 1.54) is 0 Å². The van der Waals surface area contributed by atoms with Crippen LogP contribution in [0.15, 0.2) is 53.2 Å². The second-order valence-electron chi connectivity index (χ2n) is 6.17. The zero-order valence-electron chi connectivity index (χ0n) is 14.3. The number of nitrogens with zero attached hydrogens (tertiary/aromatic N) is 3. The number of rotatable bonds is 6. The van der Waals surface area contributed by atoms with E-state index in [0.717, 1.165) is 18.5 Å². The van der Waals surface area contributed by atoms with Gasteiger partial charge in [0.15, 0.2) is 17.4 Å². The Balaban J connectivity index is 1.55. The number of hydrogen-bond acceptors (Lipinski definition) is 4. The van der Waals surface area contributed by atoms with Crippen molar-refractivity contribution in [3.05, 3.63) is 48.7 Å². The molecular formula is C18H21N5O2. The van der Waals surface area contributed by atoms with Gasteiger partial charge in [-0.05, 0) is 12.3 Å². The van der Waals surface area contributed by atoms with Crippen LogP contribution in [0.1, 0.15) is 20.3 Å². The summed E-state index contributed by atoms with van der Waals surface area (Å²) >= 11 is 0. The van der Waals surface area contributed by atoms with E-state index in [9.17, 15) is 4.79 Å². The lowest BCUT2D eigenvalue weighted by Gasteiger charge is -2.04. The van der Waals surface area contributed by atoms with Crippen molar-refractivity contribution in [1.82, 2.24) is 14.9 Å². The van der Waals surface area contributed by atoms with E-state index in [4.69, 9.17) is 4.52 Å². The van der Waals surface area contributed by atoms with Crippen LogP contribution in [0.2, 0.25) is 0 Å². The van der Waals surface area contributed by atoms with Crippen molar-refractivity contribution in [2.75, 3.05) is 10.6 Å². The molecule has 0 bridgehead atoms. The van der Waals surface area contributed by atoms with Gasteiger partial charge < -0.3 is 4.52 Å². The van der Waals surface area contributed by atoms with Gasteiger partial charge in [-0.1, -0.05) is 49.3 Å². The molecule has 0 fully saturated rings. The molecule has 7 nitrogen and oxygen atoms in total. The van der Waals surface area contributed by atoms with E-state index in [2.05, 4.69) is 34.7 Å². The summed E-state index contributed by atoms with van der Waals surface area (Å²) in [4.78, 5) is 12.0. The second kappa shape index (κ2) is 7.65. The van der Waals surface area contributed by atoms with Gasteiger partial charge in [0.25, 0.3) is 0 Å². The van der Waals surface area contributed by atoms with Crippen LogP contribution in [0.25, 0.3) is 11.3 Å². The molecule has 2 amide bonds. The Hall–Kier alpha value is -3.09. The van der Waals surface area contributed by atoms with Crippen LogP contribution in [0.3, 0.4) is 0 Å². The lowest BCUT2D eigenvalue weighted by Crippen LogP contribution is -2.20. The predicted octanol–water partition coefficient (Wildman–Crippen LogP) is 4.23. The van der Waals surface area contributed by atoms with Crippen LogP contribution < -0.4 is 10.6 Å². The van der Waals surface area contributed by atoms with Crippen molar-refractivity contribution < 1.29 is 9.32 Å². The molecule has 3 rings (SSSR count). The van der Waals surface area contributed by atoms with Gasteiger partial charge in [-0.15, -0.1) is 0 Å². The smallest absolute Gasteiger partial charge is 0.326 e. The molecule has 25 heavy (non-hydrogen) atoms. The number of carbonyl (C=O) groups excluding carboxylic acids is 1. The predicted molar refractivity (Wildman–Crippen MR) is 96.3 cm³/mol. The van der Waals surface area contributed by atoms with Gasteiger partial charge in [0, 0.05) is 30.4 Å². The molecule has 2 aromatic heterocycles. The first-order valence-corrected chi connectivity index (χ1v) is 8.24. The molecule has 3 aromatic rings. The minimum Gasteiger partial charge on any atom is -0.354 e. The third-order valence-electron chi connectivity index (χ3n) is 3.63. The molecule has 0 atom stereocenters. The molecule has 0 radical (unpaired) electrons. The van der Waals surface area contributed by atoms with Crippen molar-refractivity contribution in [2.24, 2.45) is 5.92 Å². The van der Waals surface area contributed by atoms with Crippen LogP contribution in [0.4, 0.5) is 16.4 Å². The van der Waals surface area contributed by atoms with E-state index in [0.29, 0.717) is 23.3 Å². The van der Waals surface area contributed by atoms with Crippen LogP contribution >= 0.6 is 0 Å².